The van der Waals surface area contributed by atoms with E-state index in [9.17, 15) is 0 Å². The summed E-state index contributed by atoms with van der Waals surface area (Å²) in [6.07, 6.45) is 0. The maximum absolute atomic E-state index is 5.24. The van der Waals surface area contributed by atoms with Gasteiger partial charge in [0.2, 0.25) is 0 Å². The van der Waals surface area contributed by atoms with E-state index in [0.717, 1.165) is 28.0 Å². The minimum atomic E-state index is 0.284. The molecule has 0 radical (unpaired) electrons. The van der Waals surface area contributed by atoms with Crippen molar-refractivity contribution < 1.29 is 4.74 Å². The molecule has 0 N–H and O–H groups in total. The van der Waals surface area contributed by atoms with Gasteiger partial charge in [0.1, 0.15) is 5.75 Å². The van der Waals surface area contributed by atoms with E-state index < -0.39 is 0 Å². The predicted molar refractivity (Wildman–Crippen MR) is 103 cm³/mol. The average molecular weight is 353 g/mol. The van der Waals surface area contributed by atoms with Gasteiger partial charge in [-0.25, -0.2) is 0 Å². The topological polar surface area (TPSA) is 39.9 Å². The first-order valence-electron chi connectivity index (χ1n) is 8.36. The minimum Gasteiger partial charge on any atom is -0.497 e. The summed E-state index contributed by atoms with van der Waals surface area (Å²) >= 11 is 1.72. The van der Waals surface area contributed by atoms with Gasteiger partial charge in [0.15, 0.2) is 11.0 Å². The van der Waals surface area contributed by atoms with Gasteiger partial charge in [-0.05, 0) is 50.6 Å². The van der Waals surface area contributed by atoms with Gasteiger partial charge in [0, 0.05) is 17.4 Å². The van der Waals surface area contributed by atoms with Gasteiger partial charge in [0.25, 0.3) is 0 Å². The van der Waals surface area contributed by atoms with Crippen molar-refractivity contribution in [3.63, 3.8) is 0 Å². The first kappa shape index (κ1) is 17.5. The highest BCUT2D eigenvalue weighted by Crippen LogP contribution is 2.30. The molecule has 3 rings (SSSR count). The molecule has 1 aromatic heterocycles. The zero-order valence-corrected chi connectivity index (χ0v) is 15.9. The molecule has 0 atom stereocenters. The second kappa shape index (κ2) is 7.74. The first-order chi connectivity index (χ1) is 12.1. The van der Waals surface area contributed by atoms with Gasteiger partial charge in [0.05, 0.1) is 7.11 Å². The molecule has 25 heavy (non-hydrogen) atoms. The SMILES string of the molecule is COc1ccc(-c2nnc(SCc3cccc(C)c3)n2C(C)C)cc1. The average Bonchev–Trinajstić information content (AvgIpc) is 3.04. The van der Waals surface area contributed by atoms with Crippen molar-refractivity contribution in [2.24, 2.45) is 0 Å². The summed E-state index contributed by atoms with van der Waals surface area (Å²) in [7, 11) is 1.67. The van der Waals surface area contributed by atoms with E-state index in [2.05, 4.69) is 59.8 Å². The van der Waals surface area contributed by atoms with Gasteiger partial charge in [-0.15, -0.1) is 10.2 Å². The summed E-state index contributed by atoms with van der Waals surface area (Å²) in [5.74, 6) is 2.62. The Morgan fingerprint density at radius 3 is 2.48 bits per heavy atom. The Kier molecular flexibility index (Phi) is 5.43. The van der Waals surface area contributed by atoms with Crippen LogP contribution in [-0.2, 0) is 5.75 Å². The van der Waals surface area contributed by atoms with Crippen LogP contribution in [0.1, 0.15) is 31.0 Å². The van der Waals surface area contributed by atoms with Crippen molar-refractivity contribution in [2.45, 2.75) is 37.7 Å². The number of hydrogen-bond donors (Lipinski definition) is 0. The number of aryl methyl sites for hydroxylation is 1. The maximum atomic E-state index is 5.24. The molecule has 4 nitrogen and oxygen atoms in total. The van der Waals surface area contributed by atoms with Crippen LogP contribution in [0.3, 0.4) is 0 Å². The molecule has 1 heterocycles. The number of benzene rings is 2. The van der Waals surface area contributed by atoms with Crippen LogP contribution in [-0.4, -0.2) is 21.9 Å². The molecule has 0 saturated heterocycles. The Hall–Kier alpha value is -2.27. The van der Waals surface area contributed by atoms with E-state index in [-0.39, 0.29) is 6.04 Å². The number of rotatable bonds is 6. The third-order valence-corrected chi connectivity index (χ3v) is 4.99. The number of thioether (sulfide) groups is 1. The van der Waals surface area contributed by atoms with Crippen LogP contribution in [0.15, 0.2) is 53.7 Å². The summed E-state index contributed by atoms with van der Waals surface area (Å²) in [5.41, 5.74) is 3.63. The predicted octanol–water partition coefficient (Wildman–Crippen LogP) is 5.14. The molecule has 3 aromatic rings. The van der Waals surface area contributed by atoms with Crippen LogP contribution >= 0.6 is 11.8 Å². The molecular weight excluding hydrogens is 330 g/mol. The van der Waals surface area contributed by atoms with Crippen LogP contribution in [0.5, 0.6) is 5.75 Å². The highest BCUT2D eigenvalue weighted by molar-refractivity contribution is 7.98. The smallest absolute Gasteiger partial charge is 0.192 e. The van der Waals surface area contributed by atoms with Crippen LogP contribution < -0.4 is 4.74 Å². The van der Waals surface area contributed by atoms with Gasteiger partial charge < -0.3 is 4.74 Å². The summed E-state index contributed by atoms with van der Waals surface area (Å²) < 4.78 is 7.43. The minimum absolute atomic E-state index is 0.284. The van der Waals surface area contributed by atoms with E-state index in [1.54, 1.807) is 18.9 Å². The summed E-state index contributed by atoms with van der Waals surface area (Å²) in [4.78, 5) is 0. The van der Waals surface area contributed by atoms with Crippen molar-refractivity contribution >= 4 is 11.8 Å². The first-order valence-corrected chi connectivity index (χ1v) is 9.34. The summed E-state index contributed by atoms with van der Waals surface area (Å²) in [6, 6.07) is 16.8. The number of aromatic nitrogens is 3. The molecule has 2 aromatic carbocycles. The molecule has 0 aliphatic rings. The second-order valence-electron chi connectivity index (χ2n) is 6.28. The normalized spacial score (nSPS) is 11.1. The zero-order valence-electron chi connectivity index (χ0n) is 15.1. The molecule has 0 spiro atoms. The van der Waals surface area contributed by atoms with E-state index in [1.165, 1.54) is 11.1 Å². The van der Waals surface area contributed by atoms with Gasteiger partial charge in [-0.1, -0.05) is 41.6 Å². The molecule has 0 unspecified atom stereocenters. The standard InChI is InChI=1S/C20H23N3OS/c1-14(2)23-19(17-8-10-18(24-4)11-9-17)21-22-20(23)25-13-16-7-5-6-15(3)12-16/h5-12,14H,13H2,1-4H3. The van der Waals surface area contributed by atoms with Gasteiger partial charge in [-0.3, -0.25) is 4.57 Å². The zero-order chi connectivity index (χ0) is 17.8. The number of hydrogen-bond acceptors (Lipinski definition) is 4. The highest BCUT2D eigenvalue weighted by atomic mass is 32.2. The lowest BCUT2D eigenvalue weighted by Gasteiger charge is -2.14. The fourth-order valence-corrected chi connectivity index (χ4v) is 3.74. The quantitative estimate of drug-likeness (QED) is 0.576. The third kappa shape index (κ3) is 4.04. The van der Waals surface area contributed by atoms with Crippen LogP contribution in [0.25, 0.3) is 11.4 Å². The lowest BCUT2D eigenvalue weighted by molar-refractivity contribution is 0.415. The van der Waals surface area contributed by atoms with Crippen molar-refractivity contribution in [3.05, 3.63) is 59.7 Å². The monoisotopic (exact) mass is 353 g/mol. The van der Waals surface area contributed by atoms with Gasteiger partial charge in [-0.2, -0.15) is 0 Å². The fourth-order valence-electron chi connectivity index (χ4n) is 2.73. The third-order valence-electron chi connectivity index (χ3n) is 3.98. The summed E-state index contributed by atoms with van der Waals surface area (Å²) in [5, 5.41) is 9.83. The molecule has 0 bridgehead atoms. The van der Waals surface area contributed by atoms with Crippen molar-refractivity contribution in [1.29, 1.82) is 0 Å². The summed E-state index contributed by atoms with van der Waals surface area (Å²) in [6.45, 7) is 6.44. The molecule has 0 saturated carbocycles. The Labute approximate surface area is 153 Å². The Balaban J connectivity index is 1.86. The molecule has 0 amide bonds. The largest absolute Gasteiger partial charge is 0.497 e. The lowest BCUT2D eigenvalue weighted by Crippen LogP contribution is -2.05. The number of nitrogens with zero attached hydrogens (tertiary/aromatic N) is 3. The van der Waals surface area contributed by atoms with Crippen molar-refractivity contribution in [3.8, 4) is 17.1 Å². The number of methoxy groups -OCH3 is 1. The van der Waals surface area contributed by atoms with E-state index >= 15 is 0 Å². The molecule has 0 fully saturated rings. The van der Waals surface area contributed by atoms with Crippen LogP contribution in [0, 0.1) is 6.92 Å². The van der Waals surface area contributed by atoms with Crippen LogP contribution in [0.4, 0.5) is 0 Å². The Bertz CT molecular complexity index is 840. The van der Waals surface area contributed by atoms with Crippen molar-refractivity contribution in [1.82, 2.24) is 14.8 Å². The van der Waals surface area contributed by atoms with E-state index in [0.29, 0.717) is 0 Å². The lowest BCUT2D eigenvalue weighted by atomic mass is 10.2. The molecular formula is C20H23N3OS. The second-order valence-corrected chi connectivity index (χ2v) is 7.22. The van der Waals surface area contributed by atoms with E-state index in [4.69, 9.17) is 4.74 Å². The highest BCUT2D eigenvalue weighted by Gasteiger charge is 2.17. The molecule has 0 aliphatic carbocycles. The maximum Gasteiger partial charge on any atom is 0.192 e. The van der Waals surface area contributed by atoms with Gasteiger partial charge >= 0.3 is 0 Å². The Morgan fingerprint density at radius 1 is 1.08 bits per heavy atom. The molecule has 5 heteroatoms. The molecule has 130 valence electrons. The fraction of sp³-hybridized carbons (Fsp3) is 0.300. The molecule has 0 aliphatic heterocycles. The number of ether oxygens (including phenoxy) is 1. The Morgan fingerprint density at radius 2 is 1.84 bits per heavy atom. The van der Waals surface area contributed by atoms with Crippen molar-refractivity contribution in [2.75, 3.05) is 7.11 Å². The van der Waals surface area contributed by atoms with Crippen LogP contribution in [0.2, 0.25) is 0 Å². The van der Waals surface area contributed by atoms with E-state index in [1.807, 2.05) is 24.3 Å².